The second-order valence-corrected chi connectivity index (χ2v) is 4.51. The van der Waals surface area contributed by atoms with Gasteiger partial charge in [-0.25, -0.2) is 0 Å². The molecule has 1 aromatic carbocycles. The molecule has 2 rings (SSSR count). The van der Waals surface area contributed by atoms with Crippen molar-refractivity contribution in [3.63, 3.8) is 0 Å². The summed E-state index contributed by atoms with van der Waals surface area (Å²) in [6.07, 6.45) is 1.51. The highest BCUT2D eigenvalue weighted by atomic mass is 35.5. The zero-order chi connectivity index (χ0) is 14.7. The molecular weight excluding hydrogens is 284 g/mol. The lowest BCUT2D eigenvalue weighted by Crippen LogP contribution is -2.26. The van der Waals surface area contributed by atoms with E-state index >= 15 is 0 Å². The number of furan rings is 1. The SMILES string of the molecule is CN(Cc1ccco1)C(=O)c1cccc([N+](=O)[O-])c1Cl. The number of rotatable bonds is 4. The van der Waals surface area contributed by atoms with Crippen molar-refractivity contribution in [1.29, 1.82) is 0 Å². The molecule has 0 bridgehead atoms. The third-order valence-corrected chi connectivity index (χ3v) is 3.12. The van der Waals surface area contributed by atoms with E-state index in [-0.39, 0.29) is 22.8 Å². The summed E-state index contributed by atoms with van der Waals surface area (Å²) in [6.45, 7) is 0.255. The molecule has 2 aromatic rings. The zero-order valence-electron chi connectivity index (χ0n) is 10.6. The molecule has 0 unspecified atom stereocenters. The average molecular weight is 295 g/mol. The normalized spacial score (nSPS) is 10.3. The van der Waals surface area contributed by atoms with Crippen LogP contribution in [0.5, 0.6) is 0 Å². The first-order chi connectivity index (χ1) is 9.50. The van der Waals surface area contributed by atoms with Gasteiger partial charge in [-0.05, 0) is 18.2 Å². The number of nitro benzene ring substituents is 1. The third-order valence-electron chi connectivity index (χ3n) is 2.73. The second-order valence-electron chi connectivity index (χ2n) is 4.14. The topological polar surface area (TPSA) is 76.6 Å². The first-order valence-electron chi connectivity index (χ1n) is 5.71. The van der Waals surface area contributed by atoms with Gasteiger partial charge in [-0.3, -0.25) is 14.9 Å². The van der Waals surface area contributed by atoms with Crippen molar-refractivity contribution in [2.45, 2.75) is 6.54 Å². The number of hydrogen-bond acceptors (Lipinski definition) is 4. The number of carbonyl (C=O) groups excluding carboxylic acids is 1. The standard InChI is InChI=1S/C13H11ClN2O4/c1-15(8-9-4-3-7-20-9)13(17)10-5-2-6-11(12(10)14)16(18)19/h2-7H,8H2,1H3. The predicted octanol–water partition coefficient (Wildman–Crippen LogP) is 3.11. The Hall–Kier alpha value is -2.34. The molecule has 0 aliphatic rings. The summed E-state index contributed by atoms with van der Waals surface area (Å²) in [5.41, 5.74) is -0.196. The van der Waals surface area contributed by atoms with Gasteiger partial charge >= 0.3 is 0 Å². The fourth-order valence-electron chi connectivity index (χ4n) is 1.74. The van der Waals surface area contributed by atoms with Gasteiger partial charge in [0.1, 0.15) is 10.8 Å². The fraction of sp³-hybridized carbons (Fsp3) is 0.154. The Morgan fingerprint density at radius 3 is 2.75 bits per heavy atom. The number of hydrogen-bond donors (Lipinski definition) is 0. The van der Waals surface area contributed by atoms with Crippen LogP contribution in [0.1, 0.15) is 16.1 Å². The molecule has 0 fully saturated rings. The van der Waals surface area contributed by atoms with Gasteiger partial charge in [0.05, 0.1) is 23.3 Å². The smallest absolute Gasteiger partial charge is 0.288 e. The van der Waals surface area contributed by atoms with Crippen LogP contribution in [0.4, 0.5) is 5.69 Å². The Bertz CT molecular complexity index is 640. The van der Waals surface area contributed by atoms with Crippen molar-refractivity contribution in [3.05, 3.63) is 63.1 Å². The molecule has 0 saturated heterocycles. The van der Waals surface area contributed by atoms with E-state index in [9.17, 15) is 14.9 Å². The first kappa shape index (κ1) is 14.1. The van der Waals surface area contributed by atoms with Crippen LogP contribution >= 0.6 is 11.6 Å². The average Bonchev–Trinajstić information content (AvgIpc) is 2.90. The van der Waals surface area contributed by atoms with Gasteiger partial charge < -0.3 is 9.32 Å². The number of carbonyl (C=O) groups is 1. The van der Waals surface area contributed by atoms with Gasteiger partial charge in [-0.15, -0.1) is 0 Å². The fourth-order valence-corrected chi connectivity index (χ4v) is 2.02. The summed E-state index contributed by atoms with van der Waals surface area (Å²) in [4.78, 5) is 23.8. The highest BCUT2D eigenvalue weighted by molar-refractivity contribution is 6.35. The van der Waals surface area contributed by atoms with E-state index in [0.29, 0.717) is 5.76 Å². The molecule has 0 radical (unpaired) electrons. The molecule has 0 aliphatic carbocycles. The molecule has 0 aliphatic heterocycles. The molecular formula is C13H11ClN2O4. The molecule has 0 saturated carbocycles. The molecule has 6 nitrogen and oxygen atoms in total. The summed E-state index contributed by atoms with van der Waals surface area (Å²) >= 11 is 5.91. The maximum atomic E-state index is 12.2. The van der Waals surface area contributed by atoms with Crippen molar-refractivity contribution in [2.75, 3.05) is 7.05 Å². The Morgan fingerprint density at radius 1 is 1.40 bits per heavy atom. The molecule has 0 N–H and O–H groups in total. The van der Waals surface area contributed by atoms with E-state index < -0.39 is 10.8 Å². The maximum absolute atomic E-state index is 12.2. The largest absolute Gasteiger partial charge is 0.467 e. The van der Waals surface area contributed by atoms with E-state index in [1.165, 1.54) is 29.4 Å². The van der Waals surface area contributed by atoms with Crippen molar-refractivity contribution in [1.82, 2.24) is 4.90 Å². The van der Waals surface area contributed by atoms with Gasteiger partial charge in [0.2, 0.25) is 0 Å². The highest BCUT2D eigenvalue weighted by Gasteiger charge is 2.22. The zero-order valence-corrected chi connectivity index (χ0v) is 11.3. The number of amides is 1. The van der Waals surface area contributed by atoms with Crippen molar-refractivity contribution >= 4 is 23.2 Å². The van der Waals surface area contributed by atoms with E-state index in [0.717, 1.165) is 0 Å². The predicted molar refractivity (Wildman–Crippen MR) is 72.6 cm³/mol. The van der Waals surface area contributed by atoms with E-state index in [4.69, 9.17) is 16.0 Å². The van der Waals surface area contributed by atoms with Crippen LogP contribution in [-0.4, -0.2) is 22.8 Å². The minimum Gasteiger partial charge on any atom is -0.467 e. The van der Waals surface area contributed by atoms with Gasteiger partial charge in [0.25, 0.3) is 11.6 Å². The first-order valence-corrected chi connectivity index (χ1v) is 6.09. The molecule has 104 valence electrons. The van der Waals surface area contributed by atoms with Crippen molar-refractivity contribution in [3.8, 4) is 0 Å². The third kappa shape index (κ3) is 2.80. The lowest BCUT2D eigenvalue weighted by molar-refractivity contribution is -0.384. The van der Waals surface area contributed by atoms with Crippen LogP contribution < -0.4 is 0 Å². The van der Waals surface area contributed by atoms with Crippen LogP contribution in [-0.2, 0) is 6.54 Å². The van der Waals surface area contributed by atoms with Gasteiger partial charge in [-0.2, -0.15) is 0 Å². The lowest BCUT2D eigenvalue weighted by atomic mass is 10.1. The minimum absolute atomic E-state index is 0.0925. The molecule has 1 amide bonds. The van der Waals surface area contributed by atoms with Gasteiger partial charge in [0, 0.05) is 13.1 Å². The second kappa shape index (κ2) is 5.75. The minimum atomic E-state index is -0.619. The van der Waals surface area contributed by atoms with E-state index in [1.54, 1.807) is 19.2 Å². The quantitative estimate of drug-likeness (QED) is 0.641. The monoisotopic (exact) mass is 294 g/mol. The number of benzene rings is 1. The highest BCUT2D eigenvalue weighted by Crippen LogP contribution is 2.28. The van der Waals surface area contributed by atoms with Crippen molar-refractivity contribution < 1.29 is 14.1 Å². The molecule has 7 heteroatoms. The molecule has 20 heavy (non-hydrogen) atoms. The molecule has 0 atom stereocenters. The Balaban J connectivity index is 2.25. The summed E-state index contributed by atoms with van der Waals surface area (Å²) < 4.78 is 5.15. The van der Waals surface area contributed by atoms with E-state index in [1.807, 2.05) is 0 Å². The van der Waals surface area contributed by atoms with Gasteiger partial charge in [-0.1, -0.05) is 17.7 Å². The lowest BCUT2D eigenvalue weighted by Gasteiger charge is -2.16. The van der Waals surface area contributed by atoms with Crippen molar-refractivity contribution in [2.24, 2.45) is 0 Å². The number of halogens is 1. The van der Waals surface area contributed by atoms with Crippen LogP contribution in [0.15, 0.2) is 41.0 Å². The number of nitro groups is 1. The van der Waals surface area contributed by atoms with Crippen LogP contribution in [0, 0.1) is 10.1 Å². The van der Waals surface area contributed by atoms with Crippen LogP contribution in [0.25, 0.3) is 0 Å². The Kier molecular flexibility index (Phi) is 4.05. The molecule has 1 aromatic heterocycles. The number of nitrogens with zero attached hydrogens (tertiary/aromatic N) is 2. The Labute approximate surface area is 119 Å². The molecule has 0 spiro atoms. The van der Waals surface area contributed by atoms with E-state index in [2.05, 4.69) is 0 Å². The summed E-state index contributed by atoms with van der Waals surface area (Å²) in [5.74, 6) is 0.206. The van der Waals surface area contributed by atoms with Gasteiger partial charge in [0.15, 0.2) is 0 Å². The maximum Gasteiger partial charge on any atom is 0.288 e. The summed E-state index contributed by atoms with van der Waals surface area (Å²) in [5, 5.41) is 10.6. The van der Waals surface area contributed by atoms with Crippen LogP contribution in [0.2, 0.25) is 5.02 Å². The van der Waals surface area contributed by atoms with Crippen LogP contribution in [0.3, 0.4) is 0 Å². The molecule has 1 heterocycles. The summed E-state index contributed by atoms with van der Waals surface area (Å²) in [6, 6.07) is 7.59. The Morgan fingerprint density at radius 2 is 2.15 bits per heavy atom. The summed E-state index contributed by atoms with van der Waals surface area (Å²) in [7, 11) is 1.57.